The standard InChI is InChI=1S/C11H11NO4/c1-9(6-7-13)8-16-11-4-2-10(3-5-11)12(14)15/h2-7H,8H2,1H3/p+1/b9-6+. The number of hydrogen-bond donors (Lipinski definition) is 0. The summed E-state index contributed by atoms with van der Waals surface area (Å²) in [7, 11) is 0. The number of nitrogens with zero attached hydrogens (tertiary/aromatic N) is 1. The molecular weight excluding hydrogens is 210 g/mol. The Hall–Kier alpha value is -2.17. The number of benzene rings is 1. The van der Waals surface area contributed by atoms with Crippen LogP contribution in [-0.2, 0) is 0 Å². The lowest BCUT2D eigenvalue weighted by molar-refractivity contribution is -0.384. The number of nitro benzene ring substituents is 1. The van der Waals surface area contributed by atoms with Gasteiger partial charge in [-0.1, -0.05) is 0 Å². The van der Waals surface area contributed by atoms with Gasteiger partial charge in [0, 0.05) is 18.2 Å². The van der Waals surface area contributed by atoms with Crippen LogP contribution in [0.3, 0.4) is 0 Å². The lowest BCUT2D eigenvalue weighted by atomic mass is 10.3. The first-order chi connectivity index (χ1) is 7.63. The Balaban J connectivity index is 2.59. The van der Waals surface area contributed by atoms with Gasteiger partial charge >= 0.3 is 6.29 Å². The molecule has 1 rings (SSSR count). The average molecular weight is 222 g/mol. The Kier molecular flexibility index (Phi) is 4.20. The van der Waals surface area contributed by atoms with Crippen molar-refractivity contribution in [3.05, 3.63) is 46.0 Å². The van der Waals surface area contributed by atoms with E-state index in [1.807, 2.05) is 0 Å². The molecule has 0 aliphatic heterocycles. The van der Waals surface area contributed by atoms with Gasteiger partial charge in [0.15, 0.2) is 0 Å². The highest BCUT2D eigenvalue weighted by atomic mass is 16.6. The Bertz CT molecular complexity index is 408. The monoisotopic (exact) mass is 222 g/mol. The fourth-order valence-electron chi connectivity index (χ4n) is 1.04. The molecule has 0 saturated carbocycles. The second kappa shape index (κ2) is 5.65. The summed E-state index contributed by atoms with van der Waals surface area (Å²) < 4.78 is 5.33. The maximum Gasteiger partial charge on any atom is 0.305 e. The van der Waals surface area contributed by atoms with E-state index in [-0.39, 0.29) is 5.69 Å². The average Bonchev–Trinajstić information content (AvgIpc) is 2.27. The molecule has 0 heterocycles. The predicted molar refractivity (Wildman–Crippen MR) is 60.3 cm³/mol. The van der Waals surface area contributed by atoms with Crippen molar-refractivity contribution in [1.82, 2.24) is 0 Å². The minimum absolute atomic E-state index is 0.0308. The second-order valence-corrected chi connectivity index (χ2v) is 3.20. The van der Waals surface area contributed by atoms with Crippen molar-refractivity contribution in [3.63, 3.8) is 0 Å². The smallest absolute Gasteiger partial charge is 0.305 e. The summed E-state index contributed by atoms with van der Waals surface area (Å²) >= 11 is 0. The highest BCUT2D eigenvalue weighted by Crippen LogP contribution is 2.17. The van der Waals surface area contributed by atoms with Gasteiger partial charge in [0.25, 0.3) is 5.69 Å². The van der Waals surface area contributed by atoms with Crippen molar-refractivity contribution in [3.8, 4) is 5.75 Å². The van der Waals surface area contributed by atoms with Crippen molar-refractivity contribution in [2.24, 2.45) is 0 Å². The largest absolute Gasteiger partial charge is 0.489 e. The number of carbonyl (C=O) groups excluding carboxylic acids is 1. The van der Waals surface area contributed by atoms with E-state index in [0.29, 0.717) is 12.4 Å². The van der Waals surface area contributed by atoms with Crippen LogP contribution in [-0.4, -0.2) is 22.6 Å². The maximum absolute atomic E-state index is 10.4. The van der Waals surface area contributed by atoms with Gasteiger partial charge in [0.2, 0.25) is 0 Å². The zero-order valence-electron chi connectivity index (χ0n) is 8.79. The molecule has 0 bridgehead atoms. The molecule has 0 unspecified atom stereocenters. The van der Waals surface area contributed by atoms with E-state index in [1.54, 1.807) is 6.92 Å². The Morgan fingerprint density at radius 2 is 2.12 bits per heavy atom. The summed E-state index contributed by atoms with van der Waals surface area (Å²) in [6, 6.07) is 5.83. The van der Waals surface area contributed by atoms with E-state index >= 15 is 0 Å². The van der Waals surface area contributed by atoms with Crippen LogP contribution in [0.1, 0.15) is 6.92 Å². The van der Waals surface area contributed by atoms with E-state index < -0.39 is 4.92 Å². The molecule has 5 heteroatoms. The normalized spacial score (nSPS) is 10.9. The highest BCUT2D eigenvalue weighted by molar-refractivity contribution is 5.67. The Morgan fingerprint density at radius 3 is 2.62 bits per heavy atom. The van der Waals surface area contributed by atoms with Gasteiger partial charge in [-0.3, -0.25) is 14.9 Å². The lowest BCUT2D eigenvalue weighted by Crippen LogP contribution is -1.99. The van der Waals surface area contributed by atoms with Gasteiger partial charge in [-0.2, -0.15) is 0 Å². The van der Waals surface area contributed by atoms with Crippen LogP contribution in [0.25, 0.3) is 0 Å². The molecule has 1 N–H and O–H groups in total. The first kappa shape index (κ1) is 11.9. The first-order valence-corrected chi connectivity index (χ1v) is 4.64. The number of non-ortho nitro benzene ring substituents is 1. The molecule has 0 aliphatic carbocycles. The molecule has 0 radical (unpaired) electrons. The lowest BCUT2D eigenvalue weighted by Gasteiger charge is -2.04. The molecule has 1 aromatic carbocycles. The van der Waals surface area contributed by atoms with Crippen molar-refractivity contribution in [1.29, 1.82) is 0 Å². The summed E-state index contributed by atoms with van der Waals surface area (Å²) in [6.45, 7) is 2.13. The molecule has 84 valence electrons. The number of aldehydes is 1. The SMILES string of the molecule is C/C(=C\C=[OH+])COc1ccc([N+](=O)[O-])cc1. The number of rotatable bonds is 5. The molecule has 0 fully saturated rings. The van der Waals surface area contributed by atoms with Crippen LogP contribution in [0, 0.1) is 10.1 Å². The van der Waals surface area contributed by atoms with Gasteiger partial charge in [-0.25, -0.2) is 0 Å². The fraction of sp³-hybridized carbons (Fsp3) is 0.182. The maximum atomic E-state index is 10.4. The Labute approximate surface area is 92.5 Å². The van der Waals surface area contributed by atoms with Crippen LogP contribution in [0.4, 0.5) is 5.69 Å². The molecule has 0 atom stereocenters. The van der Waals surface area contributed by atoms with Crippen LogP contribution in [0.5, 0.6) is 5.75 Å². The molecule has 0 aliphatic rings. The zero-order valence-corrected chi connectivity index (χ0v) is 8.79. The third-order valence-electron chi connectivity index (χ3n) is 1.87. The minimum Gasteiger partial charge on any atom is -0.489 e. The summed E-state index contributed by atoms with van der Waals surface area (Å²) in [5.41, 5.74) is 0.879. The van der Waals surface area contributed by atoms with E-state index in [2.05, 4.69) is 0 Å². The second-order valence-electron chi connectivity index (χ2n) is 3.20. The van der Waals surface area contributed by atoms with Gasteiger partial charge in [0.05, 0.1) is 4.92 Å². The summed E-state index contributed by atoms with van der Waals surface area (Å²) in [5, 5.41) is 10.4. The van der Waals surface area contributed by atoms with Gasteiger partial charge < -0.3 is 4.74 Å². The molecule has 0 saturated heterocycles. The van der Waals surface area contributed by atoms with Gasteiger partial charge in [-0.05, 0) is 24.6 Å². The number of ether oxygens (including phenoxy) is 1. The fourth-order valence-corrected chi connectivity index (χ4v) is 1.04. The van der Waals surface area contributed by atoms with Crippen LogP contribution >= 0.6 is 0 Å². The van der Waals surface area contributed by atoms with Gasteiger partial charge in [-0.15, -0.1) is 0 Å². The van der Waals surface area contributed by atoms with Crippen LogP contribution in [0.2, 0.25) is 0 Å². The van der Waals surface area contributed by atoms with E-state index in [0.717, 1.165) is 11.9 Å². The number of allylic oxidation sites excluding steroid dienone is 1. The molecule has 0 spiro atoms. The van der Waals surface area contributed by atoms with Crippen molar-refractivity contribution in [2.75, 3.05) is 6.61 Å². The van der Waals surface area contributed by atoms with Crippen molar-refractivity contribution >= 4 is 12.0 Å². The summed E-state index contributed by atoms with van der Waals surface area (Å²) in [5.74, 6) is 0.552. The van der Waals surface area contributed by atoms with Gasteiger partial charge in [0.1, 0.15) is 12.4 Å². The quantitative estimate of drug-likeness (QED) is 0.252. The first-order valence-electron chi connectivity index (χ1n) is 4.64. The molecule has 0 amide bonds. The molecule has 1 aromatic rings. The molecule has 16 heavy (non-hydrogen) atoms. The zero-order chi connectivity index (χ0) is 12.0. The molecular formula is C11H12NO4+. The minimum atomic E-state index is -0.463. The molecule has 5 nitrogen and oxygen atoms in total. The number of nitro groups is 1. The van der Waals surface area contributed by atoms with E-state index in [9.17, 15) is 10.1 Å². The predicted octanol–water partition coefficient (Wildman–Crippen LogP) is 2.09. The van der Waals surface area contributed by atoms with Crippen molar-refractivity contribution in [2.45, 2.75) is 6.92 Å². The summed E-state index contributed by atoms with van der Waals surface area (Å²) in [6.07, 6.45) is 2.46. The highest BCUT2D eigenvalue weighted by Gasteiger charge is 2.04. The van der Waals surface area contributed by atoms with Crippen LogP contribution < -0.4 is 4.74 Å². The molecule has 0 aromatic heterocycles. The van der Waals surface area contributed by atoms with Crippen molar-refractivity contribution < 1.29 is 14.5 Å². The van der Waals surface area contributed by atoms with Crippen LogP contribution in [0.15, 0.2) is 35.9 Å². The summed E-state index contributed by atoms with van der Waals surface area (Å²) in [4.78, 5) is 18.4. The third-order valence-corrected chi connectivity index (χ3v) is 1.87. The third kappa shape index (κ3) is 3.53. The number of hydrogen-bond acceptors (Lipinski definition) is 3. The Morgan fingerprint density at radius 1 is 1.50 bits per heavy atom. The van der Waals surface area contributed by atoms with E-state index in [1.165, 1.54) is 30.3 Å². The topological polar surface area (TPSA) is 73.8 Å². The van der Waals surface area contributed by atoms with E-state index in [4.69, 9.17) is 9.53 Å².